The molecule has 3 atom stereocenters. The zero-order chi connectivity index (χ0) is 17.0. The van der Waals surface area contributed by atoms with Crippen molar-refractivity contribution in [1.29, 1.82) is 0 Å². The van der Waals surface area contributed by atoms with Gasteiger partial charge in [-0.1, -0.05) is 25.8 Å². The molecule has 0 bridgehead atoms. The molecule has 1 amide bonds. The molecule has 2 N–H and O–H groups in total. The van der Waals surface area contributed by atoms with E-state index in [1.165, 1.54) is 18.6 Å². The Hall–Kier alpha value is -2.04. The summed E-state index contributed by atoms with van der Waals surface area (Å²) in [6.07, 6.45) is 3.49. The maximum atomic E-state index is 12.2. The Morgan fingerprint density at radius 3 is 2.65 bits per heavy atom. The van der Waals surface area contributed by atoms with Crippen LogP contribution >= 0.6 is 0 Å². The topological polar surface area (TPSA) is 75.6 Å². The summed E-state index contributed by atoms with van der Waals surface area (Å²) in [6.45, 7) is 5.49. The smallest absolute Gasteiger partial charge is 0.342 e. The van der Waals surface area contributed by atoms with Crippen LogP contribution in [0.4, 0.5) is 0 Å². The van der Waals surface area contributed by atoms with Crippen LogP contribution in [0.5, 0.6) is 5.75 Å². The lowest BCUT2D eigenvalue weighted by molar-refractivity contribution is -0.130. The molecule has 1 aromatic carbocycles. The van der Waals surface area contributed by atoms with Crippen molar-refractivity contribution in [2.75, 3.05) is 0 Å². The Kier molecular flexibility index (Phi) is 5.64. The third-order valence-corrected chi connectivity index (χ3v) is 4.47. The highest BCUT2D eigenvalue weighted by Crippen LogP contribution is 2.24. The molecule has 1 aliphatic rings. The van der Waals surface area contributed by atoms with Crippen molar-refractivity contribution in [1.82, 2.24) is 5.32 Å². The van der Waals surface area contributed by atoms with E-state index < -0.39 is 12.1 Å². The lowest BCUT2D eigenvalue weighted by atomic mass is 9.86. The number of amides is 1. The largest absolute Gasteiger partial charge is 0.507 e. The van der Waals surface area contributed by atoms with Crippen LogP contribution in [-0.4, -0.2) is 29.1 Å². The van der Waals surface area contributed by atoms with E-state index in [0.29, 0.717) is 5.92 Å². The molecule has 0 saturated heterocycles. The van der Waals surface area contributed by atoms with Gasteiger partial charge in [0.25, 0.3) is 5.91 Å². The molecule has 126 valence electrons. The number of nitrogens with one attached hydrogen (secondary N) is 1. The number of aryl methyl sites for hydroxylation is 1. The van der Waals surface area contributed by atoms with Crippen LogP contribution in [0.1, 0.15) is 55.5 Å². The zero-order valence-corrected chi connectivity index (χ0v) is 14.0. The second-order valence-electron chi connectivity index (χ2n) is 6.44. The first-order chi connectivity index (χ1) is 10.9. The van der Waals surface area contributed by atoms with E-state index in [4.69, 9.17) is 4.74 Å². The van der Waals surface area contributed by atoms with Gasteiger partial charge in [0.15, 0.2) is 6.10 Å². The maximum Gasteiger partial charge on any atom is 0.342 e. The number of carbonyl (C=O) groups excluding carboxylic acids is 2. The Balaban J connectivity index is 1.93. The highest BCUT2D eigenvalue weighted by molar-refractivity contribution is 5.94. The van der Waals surface area contributed by atoms with Crippen molar-refractivity contribution in [2.24, 2.45) is 5.92 Å². The number of benzene rings is 1. The molecule has 0 unspecified atom stereocenters. The van der Waals surface area contributed by atoms with Crippen molar-refractivity contribution >= 4 is 11.9 Å². The van der Waals surface area contributed by atoms with Crippen molar-refractivity contribution in [3.8, 4) is 5.75 Å². The normalized spacial score (nSPS) is 22.2. The van der Waals surface area contributed by atoms with Crippen molar-refractivity contribution in [3.05, 3.63) is 29.3 Å². The molecule has 1 aromatic rings. The Morgan fingerprint density at radius 1 is 1.30 bits per heavy atom. The molecule has 0 aromatic heterocycles. The van der Waals surface area contributed by atoms with Gasteiger partial charge in [-0.05, 0) is 50.3 Å². The van der Waals surface area contributed by atoms with Crippen LogP contribution in [0.3, 0.4) is 0 Å². The Morgan fingerprint density at radius 2 is 2.00 bits per heavy atom. The minimum atomic E-state index is -0.891. The molecule has 0 spiro atoms. The molecule has 1 saturated carbocycles. The fourth-order valence-electron chi connectivity index (χ4n) is 2.92. The van der Waals surface area contributed by atoms with Crippen LogP contribution in [0, 0.1) is 12.8 Å². The van der Waals surface area contributed by atoms with Gasteiger partial charge < -0.3 is 15.2 Å². The van der Waals surface area contributed by atoms with Crippen molar-refractivity contribution in [2.45, 2.75) is 58.6 Å². The van der Waals surface area contributed by atoms with E-state index in [9.17, 15) is 14.7 Å². The monoisotopic (exact) mass is 319 g/mol. The van der Waals surface area contributed by atoms with Gasteiger partial charge in [0, 0.05) is 6.04 Å². The van der Waals surface area contributed by atoms with Crippen LogP contribution in [0.25, 0.3) is 0 Å². The number of phenolic OH excluding ortho intramolecular Hbond substituents is 1. The van der Waals surface area contributed by atoms with E-state index in [1.54, 1.807) is 13.0 Å². The number of esters is 1. The fourth-order valence-corrected chi connectivity index (χ4v) is 2.92. The highest BCUT2D eigenvalue weighted by atomic mass is 16.5. The molecule has 5 heteroatoms. The van der Waals surface area contributed by atoms with Crippen LogP contribution < -0.4 is 5.32 Å². The number of phenols is 1. The summed E-state index contributed by atoms with van der Waals surface area (Å²) in [5.41, 5.74) is 0.914. The summed E-state index contributed by atoms with van der Waals surface area (Å²) in [6, 6.07) is 4.85. The quantitative estimate of drug-likeness (QED) is 0.837. The average molecular weight is 319 g/mol. The van der Waals surface area contributed by atoms with E-state index >= 15 is 0 Å². The van der Waals surface area contributed by atoms with Gasteiger partial charge in [0.2, 0.25) is 0 Å². The van der Waals surface area contributed by atoms with E-state index in [-0.39, 0.29) is 23.3 Å². The van der Waals surface area contributed by atoms with Crippen LogP contribution in [0.2, 0.25) is 0 Å². The lowest BCUT2D eigenvalue weighted by Gasteiger charge is -2.30. The van der Waals surface area contributed by atoms with Gasteiger partial charge >= 0.3 is 5.97 Å². The molecule has 1 fully saturated rings. The number of hydrogen-bond donors (Lipinski definition) is 2. The average Bonchev–Trinajstić information content (AvgIpc) is 2.49. The predicted molar refractivity (Wildman–Crippen MR) is 87.3 cm³/mol. The minimum Gasteiger partial charge on any atom is -0.507 e. The van der Waals surface area contributed by atoms with Crippen molar-refractivity contribution < 1.29 is 19.4 Å². The summed E-state index contributed by atoms with van der Waals surface area (Å²) < 4.78 is 5.18. The van der Waals surface area contributed by atoms with E-state index in [2.05, 4.69) is 12.2 Å². The van der Waals surface area contributed by atoms with Crippen molar-refractivity contribution in [3.63, 3.8) is 0 Å². The summed E-state index contributed by atoms with van der Waals surface area (Å²) in [7, 11) is 0. The molecule has 5 nitrogen and oxygen atoms in total. The maximum absolute atomic E-state index is 12.2. The summed E-state index contributed by atoms with van der Waals surface area (Å²) in [5, 5.41) is 12.8. The Bertz CT molecular complexity index is 584. The molecular formula is C18H25NO4. The molecule has 1 aliphatic carbocycles. The number of ether oxygens (including phenoxy) is 1. The van der Waals surface area contributed by atoms with Gasteiger partial charge in [0.05, 0.1) is 0 Å². The molecule has 23 heavy (non-hydrogen) atoms. The van der Waals surface area contributed by atoms with Gasteiger partial charge in [-0.3, -0.25) is 4.79 Å². The standard InChI is InChI=1S/C18H25NO4/c1-11-8-9-14(16(20)10-11)18(22)23-13(3)17(21)19-15-7-5-4-6-12(15)2/h8-10,12-13,15,20H,4-7H2,1-3H3,(H,19,21)/t12-,13-,15-/m0/s1. The fraction of sp³-hybridized carbons (Fsp3) is 0.556. The number of hydrogen-bond acceptors (Lipinski definition) is 4. The van der Waals surface area contributed by atoms with Crippen LogP contribution in [0.15, 0.2) is 18.2 Å². The van der Waals surface area contributed by atoms with Gasteiger partial charge in [0.1, 0.15) is 11.3 Å². The first-order valence-electron chi connectivity index (χ1n) is 8.19. The zero-order valence-electron chi connectivity index (χ0n) is 14.0. The van der Waals surface area contributed by atoms with Gasteiger partial charge in [-0.2, -0.15) is 0 Å². The third kappa shape index (κ3) is 4.47. The Labute approximate surface area is 137 Å². The summed E-state index contributed by atoms with van der Waals surface area (Å²) >= 11 is 0. The molecular weight excluding hydrogens is 294 g/mol. The number of carbonyl (C=O) groups is 2. The molecule has 0 aliphatic heterocycles. The minimum absolute atomic E-state index is 0.0706. The van der Waals surface area contributed by atoms with Gasteiger partial charge in [-0.15, -0.1) is 0 Å². The first-order valence-corrected chi connectivity index (χ1v) is 8.19. The van der Waals surface area contributed by atoms with E-state index in [0.717, 1.165) is 24.8 Å². The number of aromatic hydroxyl groups is 1. The predicted octanol–water partition coefficient (Wildman–Crippen LogP) is 2.94. The molecule has 2 rings (SSSR count). The summed E-state index contributed by atoms with van der Waals surface area (Å²) in [4.78, 5) is 24.3. The second-order valence-corrected chi connectivity index (χ2v) is 6.44. The second kappa shape index (κ2) is 7.49. The SMILES string of the molecule is Cc1ccc(C(=O)O[C@@H](C)C(=O)N[C@H]2CCCC[C@@H]2C)c(O)c1. The number of rotatable bonds is 4. The van der Waals surface area contributed by atoms with Crippen LogP contribution in [-0.2, 0) is 9.53 Å². The van der Waals surface area contributed by atoms with E-state index in [1.807, 2.05) is 6.92 Å². The van der Waals surface area contributed by atoms with Gasteiger partial charge in [-0.25, -0.2) is 4.79 Å². The lowest BCUT2D eigenvalue weighted by Crippen LogP contribution is -2.45. The molecule has 0 radical (unpaired) electrons. The highest BCUT2D eigenvalue weighted by Gasteiger charge is 2.27. The summed E-state index contributed by atoms with van der Waals surface area (Å²) in [5.74, 6) is -0.675. The first kappa shape index (κ1) is 17.3. The third-order valence-electron chi connectivity index (χ3n) is 4.47. The molecule has 0 heterocycles.